The van der Waals surface area contributed by atoms with Gasteiger partial charge in [-0.2, -0.15) is 0 Å². The van der Waals surface area contributed by atoms with Crippen molar-refractivity contribution in [3.63, 3.8) is 0 Å². The van der Waals surface area contributed by atoms with Crippen LogP contribution in [0.5, 0.6) is 11.5 Å². The fourth-order valence-corrected chi connectivity index (χ4v) is 2.64. The van der Waals surface area contributed by atoms with Crippen molar-refractivity contribution in [2.75, 3.05) is 26.5 Å². The number of rotatable bonds is 4. The number of ether oxygens (including phenoxy) is 3. The predicted octanol–water partition coefficient (Wildman–Crippen LogP) is 5.76. The number of nitrogens with zero attached hydrogens (tertiary/aromatic N) is 2. The number of aryl methyl sites for hydroxylation is 2. The number of aromatic hydroxyl groups is 1. The van der Waals surface area contributed by atoms with Crippen LogP contribution in [0.2, 0.25) is 0 Å². The zero-order valence-corrected chi connectivity index (χ0v) is 19.7. The number of hydrogen-bond acceptors (Lipinski definition) is 6. The minimum absolute atomic E-state index is 0.269. The van der Waals surface area contributed by atoms with E-state index in [2.05, 4.69) is 30.6 Å². The molecule has 0 radical (unpaired) electrons. The van der Waals surface area contributed by atoms with Crippen LogP contribution < -0.4 is 4.74 Å². The Bertz CT molecular complexity index is 1060. The zero-order chi connectivity index (χ0) is 22.6. The van der Waals surface area contributed by atoms with Gasteiger partial charge in [0.2, 0.25) is 0 Å². The second-order valence-electron chi connectivity index (χ2n) is 6.59. The van der Waals surface area contributed by atoms with Crippen LogP contribution in [-0.4, -0.2) is 41.6 Å². The lowest BCUT2D eigenvalue weighted by atomic mass is 10.2. The third-order valence-electron chi connectivity index (χ3n) is 4.06. The molecule has 0 bridgehead atoms. The minimum atomic E-state index is 0.269. The summed E-state index contributed by atoms with van der Waals surface area (Å²) in [5.41, 5.74) is 4.56. The summed E-state index contributed by atoms with van der Waals surface area (Å²) >= 11 is 3.03. The predicted molar refractivity (Wildman–Crippen MR) is 128 cm³/mol. The van der Waals surface area contributed by atoms with E-state index in [1.54, 1.807) is 26.4 Å². The molecule has 0 aliphatic heterocycles. The molecule has 0 atom stereocenters. The van der Waals surface area contributed by atoms with E-state index in [-0.39, 0.29) is 12.5 Å². The molecule has 2 heterocycles. The molecule has 31 heavy (non-hydrogen) atoms. The van der Waals surface area contributed by atoms with E-state index < -0.39 is 0 Å². The second-order valence-corrected chi connectivity index (χ2v) is 7.04. The zero-order valence-electron chi connectivity index (χ0n) is 18.1. The van der Waals surface area contributed by atoms with E-state index in [4.69, 9.17) is 9.47 Å². The monoisotopic (exact) mass is 486 g/mol. The summed E-state index contributed by atoms with van der Waals surface area (Å²) in [5, 5.41) is 11.2. The van der Waals surface area contributed by atoms with Crippen molar-refractivity contribution in [1.29, 1.82) is 0 Å². The Morgan fingerprint density at radius 3 is 1.87 bits per heavy atom. The summed E-state index contributed by atoms with van der Waals surface area (Å²) < 4.78 is 14.6. The summed E-state index contributed by atoms with van der Waals surface area (Å²) in [6.45, 7) is 4.20. The highest BCUT2D eigenvalue weighted by Crippen LogP contribution is 2.20. The Hall–Kier alpha value is -2.74. The third kappa shape index (κ3) is 8.13. The molecule has 7 heteroatoms. The maximum Gasteiger partial charge on any atom is 0.188 e. The third-order valence-corrected chi connectivity index (χ3v) is 4.52. The Labute approximate surface area is 190 Å². The van der Waals surface area contributed by atoms with Gasteiger partial charge in [0.25, 0.3) is 0 Å². The maximum absolute atomic E-state index is 9.17. The molecule has 0 aliphatic rings. The normalized spacial score (nSPS) is 10.1. The molecule has 6 nitrogen and oxygen atoms in total. The van der Waals surface area contributed by atoms with E-state index >= 15 is 0 Å². The van der Waals surface area contributed by atoms with Crippen LogP contribution in [-0.2, 0) is 9.47 Å². The van der Waals surface area contributed by atoms with Crippen molar-refractivity contribution in [2.45, 2.75) is 13.8 Å². The summed E-state index contributed by atoms with van der Waals surface area (Å²) in [6.07, 6.45) is 0. The van der Waals surface area contributed by atoms with Crippen LogP contribution >= 0.6 is 15.9 Å². The molecule has 0 fully saturated rings. The smallest absolute Gasteiger partial charge is 0.188 e. The fourth-order valence-electron chi connectivity index (χ4n) is 2.64. The highest BCUT2D eigenvalue weighted by Gasteiger charge is 1.98. The first-order chi connectivity index (χ1) is 15.0. The van der Waals surface area contributed by atoms with Gasteiger partial charge in [-0.1, -0.05) is 28.1 Å². The first-order valence-corrected chi connectivity index (χ1v) is 10.7. The first-order valence-electron chi connectivity index (χ1n) is 9.57. The van der Waals surface area contributed by atoms with Gasteiger partial charge < -0.3 is 19.3 Å². The molecule has 0 unspecified atom stereocenters. The second kappa shape index (κ2) is 12.8. The molecule has 1 N–H and O–H groups in total. The van der Waals surface area contributed by atoms with E-state index in [1.165, 1.54) is 0 Å². The van der Waals surface area contributed by atoms with Crippen LogP contribution in [0, 0.1) is 13.8 Å². The number of phenolic OH excluding ortho intramolecular Hbond substituents is 1. The number of methoxy groups -OCH3 is 2. The van der Waals surface area contributed by atoms with Gasteiger partial charge >= 0.3 is 0 Å². The van der Waals surface area contributed by atoms with Crippen molar-refractivity contribution in [3.05, 3.63) is 72.1 Å². The average Bonchev–Trinajstić information content (AvgIpc) is 2.78. The summed E-state index contributed by atoms with van der Waals surface area (Å²) in [4.78, 5) is 8.72. The number of hydrogen-bond donors (Lipinski definition) is 1. The molecule has 0 saturated heterocycles. The van der Waals surface area contributed by atoms with E-state index in [1.807, 2.05) is 62.4 Å². The molecule has 0 aliphatic carbocycles. The molecular formula is C24H27BrN2O4. The maximum atomic E-state index is 9.17. The number of fused-ring (bicyclic) bond motifs is 2. The molecular weight excluding hydrogens is 460 g/mol. The van der Waals surface area contributed by atoms with Gasteiger partial charge in [0.15, 0.2) is 6.79 Å². The molecule has 2 aromatic heterocycles. The van der Waals surface area contributed by atoms with Crippen molar-refractivity contribution in [2.24, 2.45) is 0 Å². The summed E-state index contributed by atoms with van der Waals surface area (Å²) in [6, 6.07) is 18.9. The Balaban J connectivity index is 0.000000192. The number of alkyl halides is 1. The van der Waals surface area contributed by atoms with Gasteiger partial charge in [-0.05, 0) is 62.4 Å². The van der Waals surface area contributed by atoms with Gasteiger partial charge in [-0.3, -0.25) is 9.97 Å². The quantitative estimate of drug-likeness (QED) is 0.292. The topological polar surface area (TPSA) is 73.7 Å². The van der Waals surface area contributed by atoms with Crippen LogP contribution in [0.15, 0.2) is 60.7 Å². The number of benzene rings is 2. The van der Waals surface area contributed by atoms with Gasteiger partial charge in [-0.15, -0.1) is 0 Å². The van der Waals surface area contributed by atoms with Crippen molar-refractivity contribution < 1.29 is 19.3 Å². The Morgan fingerprint density at radius 1 is 0.774 bits per heavy atom. The van der Waals surface area contributed by atoms with Gasteiger partial charge in [-0.25, -0.2) is 0 Å². The standard InChI is InChI=1S/C12H13NO2.C10H9NO.C2H5BrO/c1-9-3-4-10-7-11(15-8-14-2)5-6-12(10)13-9;1-7-2-3-8-6-9(12)4-5-10(8)11-7;1-4-2-3/h3-7H,8H2,1-2H3;2-6,12H,1H3;2H2,1H3. The molecule has 0 saturated carbocycles. The Morgan fingerprint density at radius 2 is 1.32 bits per heavy atom. The van der Waals surface area contributed by atoms with E-state index in [0.717, 1.165) is 38.9 Å². The van der Waals surface area contributed by atoms with Gasteiger partial charge in [0, 0.05) is 36.4 Å². The van der Waals surface area contributed by atoms with Crippen LogP contribution in [0.4, 0.5) is 0 Å². The first kappa shape index (κ1) is 24.5. The largest absolute Gasteiger partial charge is 0.508 e. The molecule has 164 valence electrons. The van der Waals surface area contributed by atoms with Crippen LogP contribution in [0.25, 0.3) is 21.8 Å². The van der Waals surface area contributed by atoms with Crippen LogP contribution in [0.1, 0.15) is 11.4 Å². The lowest BCUT2D eigenvalue weighted by Crippen LogP contribution is -1.98. The molecule has 4 rings (SSSR count). The minimum Gasteiger partial charge on any atom is -0.508 e. The van der Waals surface area contributed by atoms with Gasteiger partial charge in [0.1, 0.15) is 17.0 Å². The lowest BCUT2D eigenvalue weighted by Gasteiger charge is -2.05. The number of aromatic nitrogens is 2. The Kier molecular flexibility index (Phi) is 10.2. The van der Waals surface area contributed by atoms with E-state index in [9.17, 15) is 5.11 Å². The number of halogens is 1. The van der Waals surface area contributed by atoms with Crippen molar-refractivity contribution in [3.8, 4) is 11.5 Å². The summed E-state index contributed by atoms with van der Waals surface area (Å²) in [7, 11) is 3.24. The molecule has 0 spiro atoms. The molecule has 0 amide bonds. The number of phenols is 1. The summed E-state index contributed by atoms with van der Waals surface area (Å²) in [5.74, 6) is 1.09. The van der Waals surface area contributed by atoms with E-state index in [0.29, 0.717) is 5.52 Å². The van der Waals surface area contributed by atoms with Crippen molar-refractivity contribution >= 4 is 37.7 Å². The fraction of sp³-hybridized carbons (Fsp3) is 0.250. The SMILES string of the molecule is COCBr.COCOc1ccc2nc(C)ccc2c1.Cc1ccc2cc(O)ccc2n1. The average molecular weight is 487 g/mol. The lowest BCUT2D eigenvalue weighted by molar-refractivity contribution is 0.0512. The highest BCUT2D eigenvalue weighted by atomic mass is 79.9. The molecule has 2 aromatic carbocycles. The molecule has 4 aromatic rings. The van der Waals surface area contributed by atoms with Crippen LogP contribution in [0.3, 0.4) is 0 Å². The van der Waals surface area contributed by atoms with Crippen molar-refractivity contribution in [1.82, 2.24) is 9.97 Å². The highest BCUT2D eigenvalue weighted by molar-refractivity contribution is 9.09. The number of pyridine rings is 2. The van der Waals surface area contributed by atoms with Gasteiger partial charge in [0.05, 0.1) is 11.0 Å².